The number of hydrogen-bond acceptors (Lipinski definition) is 3. The van der Waals surface area contributed by atoms with Crippen molar-refractivity contribution in [2.75, 3.05) is 6.54 Å². The van der Waals surface area contributed by atoms with E-state index in [4.69, 9.17) is 23.2 Å². The second kappa shape index (κ2) is 6.04. The Labute approximate surface area is 128 Å². The van der Waals surface area contributed by atoms with Gasteiger partial charge >= 0.3 is 0 Å². The zero-order valence-corrected chi connectivity index (χ0v) is 12.9. The molecule has 0 spiro atoms. The van der Waals surface area contributed by atoms with Crippen LogP contribution in [0.2, 0.25) is 10.0 Å². The van der Waals surface area contributed by atoms with Crippen molar-refractivity contribution >= 4 is 23.2 Å². The Hall–Kier alpha value is -0.580. The maximum Gasteiger partial charge on any atom is 0.288 e. The molecule has 0 amide bonds. The summed E-state index contributed by atoms with van der Waals surface area (Å²) in [5.41, 5.74) is -0.294. The summed E-state index contributed by atoms with van der Waals surface area (Å²) in [6, 6.07) is 0.598. The van der Waals surface area contributed by atoms with Crippen molar-refractivity contribution < 1.29 is 0 Å². The van der Waals surface area contributed by atoms with Gasteiger partial charge in [0.25, 0.3) is 5.56 Å². The second-order valence-corrected chi connectivity index (χ2v) is 6.60. The van der Waals surface area contributed by atoms with E-state index in [1.807, 2.05) is 0 Å². The first-order valence-electron chi connectivity index (χ1n) is 7.32. The third kappa shape index (κ3) is 2.74. The fourth-order valence-electron chi connectivity index (χ4n) is 3.62. The summed E-state index contributed by atoms with van der Waals surface area (Å²) in [7, 11) is 0. The standard InChI is InChI=1S/C14H19Cl2N3O/c15-11-8-17-19(14(20)13(11)16)9-18-7-3-5-10-4-1-2-6-12(10)18/h8,10,12H,1-7,9H2. The molecule has 4 nitrogen and oxygen atoms in total. The lowest BCUT2D eigenvalue weighted by atomic mass is 9.78. The Morgan fingerprint density at radius 2 is 1.95 bits per heavy atom. The molecule has 1 aromatic rings. The van der Waals surface area contributed by atoms with Gasteiger partial charge in [-0.1, -0.05) is 36.0 Å². The summed E-state index contributed by atoms with van der Waals surface area (Å²) < 4.78 is 1.44. The first-order valence-corrected chi connectivity index (χ1v) is 8.07. The van der Waals surface area contributed by atoms with Crippen LogP contribution in [-0.4, -0.2) is 27.3 Å². The van der Waals surface area contributed by atoms with Crippen LogP contribution in [0.25, 0.3) is 0 Å². The molecule has 2 heterocycles. The molecule has 1 aliphatic heterocycles. The number of halogens is 2. The molecule has 1 saturated carbocycles. The molecule has 2 fully saturated rings. The fraction of sp³-hybridized carbons (Fsp3) is 0.714. The fourth-order valence-corrected chi connectivity index (χ4v) is 3.89. The Kier molecular flexibility index (Phi) is 4.34. The Morgan fingerprint density at radius 1 is 1.20 bits per heavy atom. The van der Waals surface area contributed by atoms with Gasteiger partial charge in [0.2, 0.25) is 0 Å². The van der Waals surface area contributed by atoms with Crippen LogP contribution in [0.1, 0.15) is 38.5 Å². The molecule has 20 heavy (non-hydrogen) atoms. The highest BCUT2D eigenvalue weighted by atomic mass is 35.5. The maximum atomic E-state index is 12.1. The largest absolute Gasteiger partial charge is 0.288 e. The zero-order chi connectivity index (χ0) is 14.1. The smallest absolute Gasteiger partial charge is 0.281 e. The molecule has 2 aliphatic rings. The van der Waals surface area contributed by atoms with Crippen LogP contribution < -0.4 is 5.56 Å². The van der Waals surface area contributed by atoms with Gasteiger partial charge in [-0.15, -0.1) is 0 Å². The molecule has 0 radical (unpaired) electrons. The van der Waals surface area contributed by atoms with Crippen molar-refractivity contribution in [3.63, 3.8) is 0 Å². The first-order chi connectivity index (χ1) is 9.66. The number of piperidine rings is 1. The van der Waals surface area contributed by atoms with E-state index in [0.717, 1.165) is 12.5 Å². The van der Waals surface area contributed by atoms with Gasteiger partial charge < -0.3 is 0 Å². The average Bonchev–Trinajstić information content (AvgIpc) is 2.48. The molecule has 6 heteroatoms. The van der Waals surface area contributed by atoms with Gasteiger partial charge in [-0.05, 0) is 31.6 Å². The Bertz CT molecular complexity index is 544. The SMILES string of the molecule is O=c1c(Cl)c(Cl)cnn1CN1CCCC2CCCCC21. The summed E-state index contributed by atoms with van der Waals surface area (Å²) in [4.78, 5) is 14.5. The summed E-state index contributed by atoms with van der Waals surface area (Å²) in [6.45, 7) is 1.56. The van der Waals surface area contributed by atoms with Gasteiger partial charge in [-0.3, -0.25) is 9.69 Å². The van der Waals surface area contributed by atoms with E-state index < -0.39 is 0 Å². The average molecular weight is 316 g/mol. The van der Waals surface area contributed by atoms with Gasteiger partial charge in [-0.2, -0.15) is 5.10 Å². The maximum absolute atomic E-state index is 12.1. The van der Waals surface area contributed by atoms with E-state index in [9.17, 15) is 4.79 Å². The molecule has 2 unspecified atom stereocenters. The number of hydrogen-bond donors (Lipinski definition) is 0. The van der Waals surface area contributed by atoms with Crippen LogP contribution in [-0.2, 0) is 6.67 Å². The van der Waals surface area contributed by atoms with Crippen LogP contribution in [0, 0.1) is 5.92 Å². The number of likely N-dealkylation sites (tertiary alicyclic amines) is 1. The highest BCUT2D eigenvalue weighted by Crippen LogP contribution is 2.35. The minimum atomic E-state index is -0.294. The highest BCUT2D eigenvalue weighted by molar-refractivity contribution is 6.41. The highest BCUT2D eigenvalue weighted by Gasteiger charge is 2.33. The van der Waals surface area contributed by atoms with Crippen LogP contribution in [0.5, 0.6) is 0 Å². The van der Waals surface area contributed by atoms with Crippen molar-refractivity contribution in [2.24, 2.45) is 5.92 Å². The second-order valence-electron chi connectivity index (χ2n) is 5.82. The first kappa shape index (κ1) is 14.4. The van der Waals surface area contributed by atoms with Crippen LogP contribution in [0.3, 0.4) is 0 Å². The lowest BCUT2D eigenvalue weighted by molar-refractivity contribution is 0.0314. The third-order valence-corrected chi connectivity index (χ3v) is 5.36. The van der Waals surface area contributed by atoms with Gasteiger partial charge in [-0.25, -0.2) is 4.68 Å². The quantitative estimate of drug-likeness (QED) is 0.841. The Morgan fingerprint density at radius 3 is 2.80 bits per heavy atom. The topological polar surface area (TPSA) is 38.1 Å². The summed E-state index contributed by atoms with van der Waals surface area (Å²) in [6.07, 6.45) is 9.18. The van der Waals surface area contributed by atoms with Crippen LogP contribution in [0.15, 0.2) is 11.0 Å². The van der Waals surface area contributed by atoms with Gasteiger partial charge in [0.05, 0.1) is 17.9 Å². The molecule has 0 bridgehead atoms. The van der Waals surface area contributed by atoms with E-state index in [-0.39, 0.29) is 15.6 Å². The molecule has 1 aromatic heterocycles. The number of rotatable bonds is 2. The van der Waals surface area contributed by atoms with E-state index in [1.54, 1.807) is 0 Å². The van der Waals surface area contributed by atoms with Crippen LogP contribution in [0.4, 0.5) is 0 Å². The summed E-state index contributed by atoms with van der Waals surface area (Å²) >= 11 is 11.7. The van der Waals surface area contributed by atoms with Gasteiger partial charge in [0.15, 0.2) is 0 Å². The number of fused-ring (bicyclic) bond motifs is 1. The molecule has 2 atom stereocenters. The predicted molar refractivity (Wildman–Crippen MR) is 80.2 cm³/mol. The monoisotopic (exact) mass is 315 g/mol. The Balaban J connectivity index is 1.80. The molecule has 0 aromatic carbocycles. The summed E-state index contributed by atoms with van der Waals surface area (Å²) in [5, 5.41) is 4.41. The molecular weight excluding hydrogens is 297 g/mol. The molecule has 3 rings (SSSR count). The number of nitrogens with zero attached hydrogens (tertiary/aromatic N) is 3. The normalized spacial score (nSPS) is 27.3. The predicted octanol–water partition coefficient (Wildman–Crippen LogP) is 3.16. The van der Waals surface area contributed by atoms with Crippen molar-refractivity contribution in [1.82, 2.24) is 14.7 Å². The lowest BCUT2D eigenvalue weighted by Gasteiger charge is -2.43. The zero-order valence-electron chi connectivity index (χ0n) is 11.4. The summed E-state index contributed by atoms with van der Waals surface area (Å²) in [5.74, 6) is 0.788. The third-order valence-electron chi connectivity index (χ3n) is 4.62. The van der Waals surface area contributed by atoms with E-state index in [2.05, 4.69) is 10.00 Å². The van der Waals surface area contributed by atoms with E-state index in [0.29, 0.717) is 12.7 Å². The van der Waals surface area contributed by atoms with E-state index in [1.165, 1.54) is 49.4 Å². The molecular formula is C14H19Cl2N3O. The van der Waals surface area contributed by atoms with Crippen molar-refractivity contribution in [2.45, 2.75) is 51.2 Å². The minimum Gasteiger partial charge on any atom is -0.281 e. The molecule has 1 aliphatic carbocycles. The van der Waals surface area contributed by atoms with Crippen molar-refractivity contribution in [3.8, 4) is 0 Å². The van der Waals surface area contributed by atoms with Gasteiger partial charge in [0, 0.05) is 12.6 Å². The molecule has 0 N–H and O–H groups in total. The van der Waals surface area contributed by atoms with Crippen molar-refractivity contribution in [1.29, 1.82) is 0 Å². The number of aromatic nitrogens is 2. The van der Waals surface area contributed by atoms with Crippen molar-refractivity contribution in [3.05, 3.63) is 26.6 Å². The van der Waals surface area contributed by atoms with E-state index >= 15 is 0 Å². The lowest BCUT2D eigenvalue weighted by Crippen LogP contribution is -2.48. The molecule has 110 valence electrons. The van der Waals surface area contributed by atoms with Gasteiger partial charge in [0.1, 0.15) is 5.02 Å². The minimum absolute atomic E-state index is 0.0684. The molecule has 1 saturated heterocycles. The van der Waals surface area contributed by atoms with Crippen LogP contribution >= 0.6 is 23.2 Å².